The predicted octanol–water partition coefficient (Wildman–Crippen LogP) is 2.07. The lowest BCUT2D eigenvalue weighted by molar-refractivity contribution is -0.138. The molecule has 1 aromatic carbocycles. The van der Waals surface area contributed by atoms with Crippen LogP contribution in [0.25, 0.3) is 0 Å². The summed E-state index contributed by atoms with van der Waals surface area (Å²) in [6.07, 6.45) is 1.98. The van der Waals surface area contributed by atoms with E-state index in [9.17, 15) is 4.79 Å². The number of halogens is 1. The van der Waals surface area contributed by atoms with Gasteiger partial charge in [0, 0.05) is 57.8 Å². The van der Waals surface area contributed by atoms with Gasteiger partial charge in [0.15, 0.2) is 0 Å². The monoisotopic (exact) mass is 394 g/mol. The Labute approximate surface area is 170 Å². The van der Waals surface area contributed by atoms with Crippen LogP contribution >= 0.6 is 12.4 Å². The van der Waals surface area contributed by atoms with Gasteiger partial charge in [-0.2, -0.15) is 0 Å². The fourth-order valence-electron chi connectivity index (χ4n) is 4.09. The fourth-order valence-corrected chi connectivity index (χ4v) is 4.09. The molecule has 2 aliphatic rings. The van der Waals surface area contributed by atoms with Crippen molar-refractivity contribution in [3.63, 3.8) is 0 Å². The number of rotatable bonds is 6. The standard InChI is InChI=1S/C21H34N4O.ClH/c1-18-16-20(8-9-22-18)21(26)25-14-12-24(13-15-25)11-10-23(2)17-19-6-4-3-5-7-19;/h3-7,18,20,22H,8-17H2,1-2H3;1H/t18-,20-;/m0./s1. The first kappa shape index (κ1) is 22.2. The third-order valence-electron chi connectivity index (χ3n) is 5.75. The Morgan fingerprint density at radius 3 is 2.56 bits per heavy atom. The summed E-state index contributed by atoms with van der Waals surface area (Å²) in [6.45, 7) is 10.1. The Kier molecular flexibility index (Phi) is 9.03. The van der Waals surface area contributed by atoms with Gasteiger partial charge in [-0.15, -0.1) is 12.4 Å². The summed E-state index contributed by atoms with van der Waals surface area (Å²) in [5.74, 6) is 0.619. The number of piperazine rings is 1. The van der Waals surface area contributed by atoms with Gasteiger partial charge in [0.2, 0.25) is 5.91 Å². The maximum Gasteiger partial charge on any atom is 0.225 e. The van der Waals surface area contributed by atoms with Crippen LogP contribution in [0.1, 0.15) is 25.3 Å². The van der Waals surface area contributed by atoms with Crippen LogP contribution in [0, 0.1) is 5.92 Å². The molecule has 2 atom stereocenters. The SMILES string of the molecule is C[C@H]1C[C@@H](C(=O)N2CCN(CCN(C)Cc3ccccc3)CC2)CCN1.Cl. The minimum absolute atomic E-state index is 0. The highest BCUT2D eigenvalue weighted by Crippen LogP contribution is 2.19. The van der Waals surface area contributed by atoms with Crippen LogP contribution < -0.4 is 5.32 Å². The largest absolute Gasteiger partial charge is 0.340 e. The van der Waals surface area contributed by atoms with Crippen LogP contribution in [0.4, 0.5) is 0 Å². The minimum atomic E-state index is 0. The van der Waals surface area contributed by atoms with Gasteiger partial charge >= 0.3 is 0 Å². The number of nitrogens with zero attached hydrogens (tertiary/aromatic N) is 3. The summed E-state index contributed by atoms with van der Waals surface area (Å²) < 4.78 is 0. The lowest BCUT2D eigenvalue weighted by Gasteiger charge is -2.38. The van der Waals surface area contributed by atoms with Gasteiger partial charge < -0.3 is 15.1 Å². The first-order valence-corrected chi connectivity index (χ1v) is 10.1. The lowest BCUT2D eigenvalue weighted by atomic mass is 9.92. The van der Waals surface area contributed by atoms with E-state index in [1.165, 1.54) is 5.56 Å². The number of benzene rings is 1. The zero-order chi connectivity index (χ0) is 18.4. The smallest absolute Gasteiger partial charge is 0.225 e. The number of amides is 1. The molecule has 0 aliphatic carbocycles. The van der Waals surface area contributed by atoms with Gasteiger partial charge in [-0.3, -0.25) is 9.69 Å². The van der Waals surface area contributed by atoms with Crippen molar-refractivity contribution in [1.82, 2.24) is 20.0 Å². The normalized spacial score (nSPS) is 23.9. The molecule has 2 fully saturated rings. The third kappa shape index (κ3) is 6.75. The Balaban J connectivity index is 0.00000261. The summed E-state index contributed by atoms with van der Waals surface area (Å²) in [5.41, 5.74) is 1.36. The molecule has 1 amide bonds. The number of carbonyl (C=O) groups excluding carboxylic acids is 1. The molecule has 5 nitrogen and oxygen atoms in total. The van der Waals surface area contributed by atoms with Crippen LogP contribution in [0.3, 0.4) is 0 Å². The van der Waals surface area contributed by atoms with E-state index in [4.69, 9.17) is 0 Å². The van der Waals surface area contributed by atoms with E-state index in [2.05, 4.69) is 64.3 Å². The van der Waals surface area contributed by atoms with E-state index in [1.54, 1.807) is 0 Å². The molecular weight excluding hydrogens is 360 g/mol. The maximum atomic E-state index is 12.7. The summed E-state index contributed by atoms with van der Waals surface area (Å²) in [5, 5.41) is 3.44. The molecule has 1 aromatic rings. The number of carbonyl (C=O) groups is 1. The second kappa shape index (κ2) is 11.0. The van der Waals surface area contributed by atoms with Crippen molar-refractivity contribution in [3.8, 4) is 0 Å². The number of nitrogens with one attached hydrogen (secondary N) is 1. The van der Waals surface area contributed by atoms with Crippen LogP contribution in [0.2, 0.25) is 0 Å². The topological polar surface area (TPSA) is 38.8 Å². The molecule has 152 valence electrons. The Hall–Kier alpha value is -1.14. The van der Waals surface area contributed by atoms with Gasteiger partial charge in [-0.05, 0) is 38.9 Å². The van der Waals surface area contributed by atoms with Crippen molar-refractivity contribution < 1.29 is 4.79 Å². The highest BCUT2D eigenvalue weighted by atomic mass is 35.5. The van der Waals surface area contributed by atoms with Gasteiger partial charge in [-0.25, -0.2) is 0 Å². The Bertz CT molecular complexity index is 563. The molecule has 0 saturated carbocycles. The van der Waals surface area contributed by atoms with Crippen molar-refractivity contribution in [1.29, 1.82) is 0 Å². The average molecular weight is 395 g/mol. The molecule has 0 spiro atoms. The molecular formula is C21H35ClN4O. The van der Waals surface area contributed by atoms with Crippen LogP contribution in [-0.4, -0.2) is 79.5 Å². The quantitative estimate of drug-likeness (QED) is 0.801. The molecule has 1 N–H and O–H groups in total. The predicted molar refractivity (Wildman–Crippen MR) is 113 cm³/mol. The Morgan fingerprint density at radius 1 is 1.19 bits per heavy atom. The van der Waals surface area contributed by atoms with Gasteiger partial charge in [0.25, 0.3) is 0 Å². The molecule has 2 aliphatic heterocycles. The van der Waals surface area contributed by atoms with Crippen molar-refractivity contribution in [2.45, 2.75) is 32.4 Å². The summed E-state index contributed by atoms with van der Waals surface area (Å²) >= 11 is 0. The lowest BCUT2D eigenvalue weighted by Crippen LogP contribution is -2.52. The van der Waals surface area contributed by atoms with Crippen LogP contribution in [-0.2, 0) is 11.3 Å². The van der Waals surface area contributed by atoms with E-state index < -0.39 is 0 Å². The molecule has 2 saturated heterocycles. The van der Waals surface area contributed by atoms with E-state index in [1.807, 2.05) is 0 Å². The number of hydrogen-bond acceptors (Lipinski definition) is 4. The van der Waals surface area contributed by atoms with Crippen LogP contribution in [0.5, 0.6) is 0 Å². The molecule has 0 aromatic heterocycles. The van der Waals surface area contributed by atoms with E-state index >= 15 is 0 Å². The molecule has 0 radical (unpaired) electrons. The van der Waals surface area contributed by atoms with Crippen LogP contribution in [0.15, 0.2) is 30.3 Å². The van der Waals surface area contributed by atoms with Gasteiger partial charge in [0.1, 0.15) is 0 Å². The molecule has 6 heteroatoms. The number of piperidine rings is 1. The van der Waals surface area contributed by atoms with E-state index in [0.717, 1.165) is 65.2 Å². The van der Waals surface area contributed by atoms with Crippen molar-refractivity contribution in [2.75, 3.05) is 52.9 Å². The second-order valence-electron chi connectivity index (χ2n) is 7.97. The average Bonchev–Trinajstić information content (AvgIpc) is 2.67. The minimum Gasteiger partial charge on any atom is -0.340 e. The van der Waals surface area contributed by atoms with Crippen molar-refractivity contribution in [3.05, 3.63) is 35.9 Å². The molecule has 3 rings (SSSR count). The van der Waals surface area contributed by atoms with Crippen molar-refractivity contribution >= 4 is 18.3 Å². The first-order chi connectivity index (χ1) is 12.6. The number of likely N-dealkylation sites (N-methyl/N-ethyl adjacent to an activating group) is 1. The highest BCUT2D eigenvalue weighted by Gasteiger charge is 2.30. The third-order valence-corrected chi connectivity index (χ3v) is 5.75. The fraction of sp³-hybridized carbons (Fsp3) is 0.667. The first-order valence-electron chi connectivity index (χ1n) is 10.1. The molecule has 0 bridgehead atoms. The molecule has 0 unspecified atom stereocenters. The summed E-state index contributed by atoms with van der Waals surface area (Å²) in [4.78, 5) is 19.7. The van der Waals surface area contributed by atoms with Gasteiger partial charge in [-0.1, -0.05) is 30.3 Å². The zero-order valence-electron chi connectivity index (χ0n) is 16.8. The zero-order valence-corrected chi connectivity index (χ0v) is 17.6. The van der Waals surface area contributed by atoms with E-state index in [-0.39, 0.29) is 18.3 Å². The van der Waals surface area contributed by atoms with E-state index in [0.29, 0.717) is 11.9 Å². The Morgan fingerprint density at radius 2 is 1.89 bits per heavy atom. The summed E-state index contributed by atoms with van der Waals surface area (Å²) in [7, 11) is 2.19. The highest BCUT2D eigenvalue weighted by molar-refractivity contribution is 5.85. The molecule has 2 heterocycles. The maximum absolute atomic E-state index is 12.7. The second-order valence-corrected chi connectivity index (χ2v) is 7.97. The molecule has 27 heavy (non-hydrogen) atoms. The van der Waals surface area contributed by atoms with Crippen molar-refractivity contribution in [2.24, 2.45) is 5.92 Å². The number of hydrogen-bond donors (Lipinski definition) is 1. The summed E-state index contributed by atoms with van der Waals surface area (Å²) in [6, 6.07) is 11.1. The van der Waals surface area contributed by atoms with Gasteiger partial charge in [0.05, 0.1) is 0 Å².